The summed E-state index contributed by atoms with van der Waals surface area (Å²) >= 11 is 0. The molecular formula is C16H25NO9. The number of aliphatic hydroxyl groups excluding tert-OH is 1. The van der Waals surface area contributed by atoms with E-state index in [4.69, 9.17) is 10.2 Å². The molecule has 0 aromatic rings. The number of ether oxygens (including phenoxy) is 3. The number of methoxy groups -OCH3 is 2. The second-order valence-corrected chi connectivity index (χ2v) is 4.03. The van der Waals surface area contributed by atoms with Gasteiger partial charge in [-0.2, -0.15) is 0 Å². The van der Waals surface area contributed by atoms with Crippen LogP contribution in [0.3, 0.4) is 0 Å². The topological polar surface area (TPSA) is 148 Å². The average molecular weight is 375 g/mol. The number of amides is 1. The molecule has 0 aromatic carbocycles. The third-order valence-electron chi connectivity index (χ3n) is 1.96. The lowest BCUT2D eigenvalue weighted by atomic mass is 10.4. The van der Waals surface area contributed by atoms with E-state index in [1.807, 2.05) is 0 Å². The average Bonchev–Trinajstić information content (AvgIpc) is 2.63. The van der Waals surface area contributed by atoms with Gasteiger partial charge in [0, 0.05) is 18.8 Å². The molecule has 148 valence electrons. The van der Waals surface area contributed by atoms with Gasteiger partial charge in [-0.1, -0.05) is 19.7 Å². The first kappa shape index (κ1) is 27.8. The van der Waals surface area contributed by atoms with E-state index in [1.54, 1.807) is 6.92 Å². The van der Waals surface area contributed by atoms with Crippen molar-refractivity contribution in [2.45, 2.75) is 13.2 Å². The number of aliphatic hydroxyl groups is 1. The summed E-state index contributed by atoms with van der Waals surface area (Å²) in [4.78, 5) is 41.2. The molecular weight excluding hydrogens is 350 g/mol. The first-order chi connectivity index (χ1) is 12.1. The Morgan fingerprint density at radius 2 is 1.65 bits per heavy atom. The molecule has 0 spiro atoms. The summed E-state index contributed by atoms with van der Waals surface area (Å²) in [6.07, 6.45) is 0.801. The van der Waals surface area contributed by atoms with E-state index in [0.29, 0.717) is 5.57 Å². The number of carbonyl (C=O) groups excluding carboxylic acids is 3. The lowest BCUT2D eigenvalue weighted by Gasteiger charge is -2.12. The Morgan fingerprint density at radius 3 is 1.92 bits per heavy atom. The van der Waals surface area contributed by atoms with E-state index in [-0.39, 0.29) is 13.2 Å². The van der Waals surface area contributed by atoms with Gasteiger partial charge >= 0.3 is 17.9 Å². The van der Waals surface area contributed by atoms with Gasteiger partial charge in [0.2, 0.25) is 12.1 Å². The molecule has 0 aromatic heterocycles. The van der Waals surface area contributed by atoms with Crippen LogP contribution in [0.15, 0.2) is 37.5 Å². The molecule has 0 aliphatic rings. The molecule has 0 aliphatic heterocycles. The molecule has 1 atom stereocenters. The zero-order valence-electron chi connectivity index (χ0n) is 15.0. The van der Waals surface area contributed by atoms with Crippen LogP contribution in [0.25, 0.3) is 0 Å². The van der Waals surface area contributed by atoms with Crippen molar-refractivity contribution in [3.8, 4) is 0 Å². The highest BCUT2D eigenvalue weighted by molar-refractivity contribution is 5.90. The molecule has 0 heterocycles. The van der Waals surface area contributed by atoms with Crippen LogP contribution < -0.4 is 5.32 Å². The molecule has 1 unspecified atom stereocenters. The number of carbonyl (C=O) groups is 4. The monoisotopic (exact) mass is 375 g/mol. The van der Waals surface area contributed by atoms with Crippen molar-refractivity contribution < 1.29 is 43.6 Å². The maximum Gasteiger partial charge on any atom is 0.356 e. The Labute approximate surface area is 151 Å². The zero-order valence-corrected chi connectivity index (χ0v) is 15.0. The van der Waals surface area contributed by atoms with Crippen molar-refractivity contribution in [2.24, 2.45) is 0 Å². The summed E-state index contributed by atoms with van der Waals surface area (Å²) in [7, 11) is 2.49. The van der Waals surface area contributed by atoms with Gasteiger partial charge in [-0.25, -0.2) is 14.4 Å². The van der Waals surface area contributed by atoms with Crippen molar-refractivity contribution in [1.29, 1.82) is 0 Å². The first-order valence-corrected chi connectivity index (χ1v) is 6.93. The first-order valence-electron chi connectivity index (χ1n) is 6.93. The van der Waals surface area contributed by atoms with E-state index in [1.165, 1.54) is 14.2 Å². The number of hydrogen-bond acceptors (Lipinski definition) is 8. The van der Waals surface area contributed by atoms with E-state index < -0.39 is 30.0 Å². The Balaban J connectivity index is -0.000000333. The fourth-order valence-corrected chi connectivity index (χ4v) is 0.771. The van der Waals surface area contributed by atoms with Crippen molar-refractivity contribution in [3.63, 3.8) is 0 Å². The van der Waals surface area contributed by atoms with Crippen molar-refractivity contribution >= 4 is 23.8 Å². The van der Waals surface area contributed by atoms with E-state index in [9.17, 15) is 19.2 Å². The van der Waals surface area contributed by atoms with Crippen LogP contribution in [0, 0.1) is 0 Å². The molecule has 26 heavy (non-hydrogen) atoms. The molecule has 1 amide bonds. The van der Waals surface area contributed by atoms with Gasteiger partial charge in [0.1, 0.15) is 6.61 Å². The summed E-state index contributed by atoms with van der Waals surface area (Å²) in [6.45, 7) is 11.0. The van der Waals surface area contributed by atoms with Gasteiger partial charge in [0.05, 0.1) is 13.7 Å². The van der Waals surface area contributed by atoms with Gasteiger partial charge in [0.15, 0.2) is 0 Å². The maximum absolute atomic E-state index is 10.8. The molecule has 0 rings (SSSR count). The Hall–Kier alpha value is -2.98. The van der Waals surface area contributed by atoms with Gasteiger partial charge in [-0.3, -0.25) is 4.79 Å². The number of rotatable bonds is 8. The van der Waals surface area contributed by atoms with Crippen molar-refractivity contribution in [3.05, 3.63) is 37.5 Å². The highest BCUT2D eigenvalue weighted by Gasteiger charge is 2.18. The third kappa shape index (κ3) is 19.1. The number of carboxylic acids is 1. The fourth-order valence-electron chi connectivity index (χ4n) is 0.771. The largest absolute Gasteiger partial charge is 0.478 e. The number of hydrogen-bond donors (Lipinski definition) is 3. The number of nitrogens with one attached hydrogen (secondary N) is 1. The molecule has 0 bridgehead atoms. The van der Waals surface area contributed by atoms with Crippen LogP contribution in [0.2, 0.25) is 0 Å². The SMILES string of the molecule is C=C(C)C(=O)OCCO.C=CC(=O)NC(OC)C(=O)OC.C=CC(=O)O. The molecule has 10 nitrogen and oxygen atoms in total. The van der Waals surface area contributed by atoms with Crippen molar-refractivity contribution in [1.82, 2.24) is 5.32 Å². The summed E-state index contributed by atoms with van der Waals surface area (Å²) in [5, 5.41) is 18.0. The minimum atomic E-state index is -1.07. The zero-order chi connectivity index (χ0) is 21.1. The third-order valence-corrected chi connectivity index (χ3v) is 1.96. The van der Waals surface area contributed by atoms with E-state index in [2.05, 4.69) is 39.3 Å². The molecule has 0 aliphatic carbocycles. The summed E-state index contributed by atoms with van der Waals surface area (Å²) in [5.41, 5.74) is 0.350. The highest BCUT2D eigenvalue weighted by atomic mass is 16.6. The van der Waals surface area contributed by atoms with Gasteiger partial charge in [0.25, 0.3) is 0 Å². The highest BCUT2D eigenvalue weighted by Crippen LogP contribution is 1.90. The maximum atomic E-state index is 10.8. The molecule has 0 fully saturated rings. The Bertz CT molecular complexity index is 500. The summed E-state index contributed by atoms with van der Waals surface area (Å²) < 4.78 is 13.4. The summed E-state index contributed by atoms with van der Waals surface area (Å²) in [6, 6.07) is 0. The fraction of sp³-hybridized carbons (Fsp3) is 0.375. The second kappa shape index (κ2) is 18.4. The number of esters is 2. The lowest BCUT2D eigenvalue weighted by Crippen LogP contribution is -2.41. The predicted molar refractivity (Wildman–Crippen MR) is 91.8 cm³/mol. The lowest BCUT2D eigenvalue weighted by molar-refractivity contribution is -0.156. The normalized spacial score (nSPS) is 9.54. The Morgan fingerprint density at radius 1 is 1.15 bits per heavy atom. The van der Waals surface area contributed by atoms with Gasteiger partial charge in [-0.15, -0.1) is 0 Å². The molecule has 3 N–H and O–H groups in total. The molecule has 0 saturated carbocycles. The van der Waals surface area contributed by atoms with Crippen LogP contribution in [-0.4, -0.2) is 67.7 Å². The van der Waals surface area contributed by atoms with Crippen LogP contribution in [-0.2, 0) is 33.4 Å². The molecule has 0 radical (unpaired) electrons. The number of carboxylic acid groups (broad SMARTS) is 1. The van der Waals surface area contributed by atoms with Crippen molar-refractivity contribution in [2.75, 3.05) is 27.4 Å². The van der Waals surface area contributed by atoms with Crippen LogP contribution in [0.1, 0.15) is 6.92 Å². The van der Waals surface area contributed by atoms with Crippen LogP contribution >= 0.6 is 0 Å². The summed E-state index contributed by atoms with van der Waals surface area (Å²) in [5.74, 6) is -2.59. The minimum absolute atomic E-state index is 0.0473. The predicted octanol–water partition coefficient (Wildman–Crippen LogP) is -0.211. The quantitative estimate of drug-likeness (QED) is 0.297. The van der Waals surface area contributed by atoms with Crippen LogP contribution in [0.4, 0.5) is 0 Å². The van der Waals surface area contributed by atoms with E-state index in [0.717, 1.165) is 12.2 Å². The minimum Gasteiger partial charge on any atom is -0.478 e. The number of aliphatic carboxylic acids is 1. The second-order valence-electron chi connectivity index (χ2n) is 4.03. The standard InChI is InChI=1S/C7H11NO4.C6H10O3.C3H4O2/c1-4-5(9)8-6(11-2)7(10)12-3;1-5(2)6(8)9-4-3-7;1-2-3(4)5/h4,6H,1H2,2-3H3,(H,8,9);7H,1,3-4H2,2H3;2H,1H2,(H,4,5). The van der Waals surface area contributed by atoms with Crippen LogP contribution in [0.5, 0.6) is 0 Å². The van der Waals surface area contributed by atoms with E-state index >= 15 is 0 Å². The Kier molecular flexibility index (Phi) is 19.7. The van der Waals surface area contributed by atoms with Gasteiger partial charge in [-0.05, 0) is 13.0 Å². The van der Waals surface area contributed by atoms with Gasteiger partial charge < -0.3 is 29.7 Å². The molecule has 10 heteroatoms. The molecule has 0 saturated heterocycles. The smallest absolute Gasteiger partial charge is 0.356 e.